The van der Waals surface area contributed by atoms with Gasteiger partial charge in [-0.25, -0.2) is 22.7 Å². The van der Waals surface area contributed by atoms with E-state index in [1.807, 2.05) is 6.07 Å². The van der Waals surface area contributed by atoms with Crippen molar-refractivity contribution in [3.8, 4) is 0 Å². The van der Waals surface area contributed by atoms with Gasteiger partial charge in [-0.2, -0.15) is 0 Å². The molecule has 7 nitrogen and oxygen atoms in total. The fourth-order valence-corrected chi connectivity index (χ4v) is 5.22. The maximum absolute atomic E-state index is 12.4. The average Bonchev–Trinajstić information content (AvgIpc) is 3.46. The van der Waals surface area contributed by atoms with E-state index in [1.54, 1.807) is 30.1 Å². The van der Waals surface area contributed by atoms with Crippen molar-refractivity contribution in [2.45, 2.75) is 37.0 Å². The third-order valence-corrected chi connectivity index (χ3v) is 7.46. The van der Waals surface area contributed by atoms with Crippen molar-refractivity contribution in [3.05, 3.63) is 24.8 Å². The third kappa shape index (κ3) is 2.73. The van der Waals surface area contributed by atoms with Crippen LogP contribution in [-0.4, -0.2) is 59.1 Å². The molecule has 2 aliphatic rings. The molecule has 0 atom stereocenters. The molecule has 128 valence electrons. The molecule has 0 aromatic carbocycles. The van der Waals surface area contributed by atoms with Gasteiger partial charge in [-0.3, -0.25) is 4.98 Å². The van der Waals surface area contributed by atoms with Gasteiger partial charge in [-0.05, 0) is 31.7 Å². The topological polar surface area (TPSA) is 79.3 Å². The first-order valence-electron chi connectivity index (χ1n) is 8.34. The van der Waals surface area contributed by atoms with Crippen molar-refractivity contribution in [3.63, 3.8) is 0 Å². The molecule has 4 rings (SSSR count). The third-order valence-electron chi connectivity index (χ3n) is 5.04. The summed E-state index contributed by atoms with van der Waals surface area (Å²) in [4.78, 5) is 15.0. The van der Waals surface area contributed by atoms with Gasteiger partial charge in [-0.1, -0.05) is 0 Å². The summed E-state index contributed by atoms with van der Waals surface area (Å²) in [5.74, 6) is 0.911. The minimum atomic E-state index is -3.10. The summed E-state index contributed by atoms with van der Waals surface area (Å²) in [5, 5.41) is 0.851. The zero-order valence-electron chi connectivity index (χ0n) is 13.7. The summed E-state index contributed by atoms with van der Waals surface area (Å²) in [7, 11) is -1.37. The van der Waals surface area contributed by atoms with E-state index in [4.69, 9.17) is 0 Å². The van der Waals surface area contributed by atoms with Gasteiger partial charge >= 0.3 is 0 Å². The Hall–Kier alpha value is -1.80. The minimum absolute atomic E-state index is 0.0848. The highest BCUT2D eigenvalue weighted by Crippen LogP contribution is 2.33. The van der Waals surface area contributed by atoms with Crippen LogP contribution in [0, 0.1) is 0 Å². The molecule has 0 spiro atoms. The highest BCUT2D eigenvalue weighted by atomic mass is 32.2. The molecule has 2 aromatic heterocycles. The number of aromatic nitrogens is 3. The largest absolute Gasteiger partial charge is 0.356 e. The number of hydrogen-bond acceptors (Lipinski definition) is 6. The van der Waals surface area contributed by atoms with Crippen LogP contribution in [-0.2, 0) is 10.0 Å². The summed E-state index contributed by atoms with van der Waals surface area (Å²) in [6.07, 6.45) is 8.31. The zero-order valence-corrected chi connectivity index (χ0v) is 14.5. The number of nitrogens with zero attached hydrogens (tertiary/aromatic N) is 5. The Bertz CT molecular complexity index is 839. The summed E-state index contributed by atoms with van der Waals surface area (Å²) >= 11 is 0. The molecule has 1 aliphatic carbocycles. The SMILES string of the molecule is CN(C1CCN(c2ncnc3cnccc23)CC1)S(=O)(=O)C1CC1. The Kier molecular flexibility index (Phi) is 3.88. The van der Waals surface area contributed by atoms with Gasteiger partial charge in [0.1, 0.15) is 12.1 Å². The van der Waals surface area contributed by atoms with Crippen LogP contribution in [0.2, 0.25) is 0 Å². The summed E-state index contributed by atoms with van der Waals surface area (Å²) in [6, 6.07) is 2.02. The van der Waals surface area contributed by atoms with Gasteiger partial charge in [-0.15, -0.1) is 0 Å². The highest BCUT2D eigenvalue weighted by molar-refractivity contribution is 7.90. The van der Waals surface area contributed by atoms with Gasteiger partial charge in [0.2, 0.25) is 10.0 Å². The number of piperidine rings is 1. The minimum Gasteiger partial charge on any atom is -0.356 e. The predicted octanol–water partition coefficient (Wildman–Crippen LogP) is 1.42. The van der Waals surface area contributed by atoms with Crippen LogP contribution >= 0.6 is 0 Å². The lowest BCUT2D eigenvalue weighted by Crippen LogP contribution is -2.46. The van der Waals surface area contributed by atoms with E-state index in [9.17, 15) is 8.42 Å². The van der Waals surface area contributed by atoms with Crippen LogP contribution in [0.5, 0.6) is 0 Å². The molecule has 0 unspecified atom stereocenters. The first-order chi connectivity index (χ1) is 11.6. The molecule has 0 N–H and O–H groups in total. The number of hydrogen-bond donors (Lipinski definition) is 0. The predicted molar refractivity (Wildman–Crippen MR) is 92.3 cm³/mol. The lowest BCUT2D eigenvalue weighted by Gasteiger charge is -2.37. The number of sulfonamides is 1. The maximum atomic E-state index is 12.4. The summed E-state index contributed by atoms with van der Waals surface area (Å²) in [5.41, 5.74) is 0.832. The van der Waals surface area contributed by atoms with E-state index < -0.39 is 10.0 Å². The van der Waals surface area contributed by atoms with Crippen LogP contribution in [0.4, 0.5) is 5.82 Å². The first-order valence-corrected chi connectivity index (χ1v) is 9.84. The van der Waals surface area contributed by atoms with Crippen molar-refractivity contribution in [2.75, 3.05) is 25.0 Å². The maximum Gasteiger partial charge on any atom is 0.216 e. The van der Waals surface area contributed by atoms with Crippen LogP contribution in [0.3, 0.4) is 0 Å². The Morgan fingerprint density at radius 3 is 2.62 bits per heavy atom. The fraction of sp³-hybridized carbons (Fsp3) is 0.562. The molecule has 8 heteroatoms. The molecule has 0 bridgehead atoms. The van der Waals surface area contributed by atoms with Crippen molar-refractivity contribution in [1.82, 2.24) is 19.3 Å². The molecule has 2 fully saturated rings. The monoisotopic (exact) mass is 347 g/mol. The van der Waals surface area contributed by atoms with Gasteiger partial charge in [0, 0.05) is 37.8 Å². The van der Waals surface area contributed by atoms with Crippen LogP contribution in [0.15, 0.2) is 24.8 Å². The van der Waals surface area contributed by atoms with Gasteiger partial charge in [0.25, 0.3) is 0 Å². The summed E-state index contributed by atoms with van der Waals surface area (Å²) < 4.78 is 26.4. The molecule has 24 heavy (non-hydrogen) atoms. The molecular weight excluding hydrogens is 326 g/mol. The van der Waals surface area contributed by atoms with E-state index in [0.717, 1.165) is 55.5 Å². The van der Waals surface area contributed by atoms with E-state index in [2.05, 4.69) is 19.9 Å². The standard InChI is InChI=1S/C16H21N5O2S/c1-20(24(22,23)13-2-3-13)12-5-8-21(9-6-12)16-14-4-7-17-10-15(14)18-11-19-16/h4,7,10-13H,2-3,5-6,8-9H2,1H3. The molecule has 0 amide bonds. The molecular formula is C16H21N5O2S. The van der Waals surface area contributed by atoms with Crippen LogP contribution in [0.25, 0.3) is 10.9 Å². The molecule has 0 radical (unpaired) electrons. The van der Waals surface area contributed by atoms with Gasteiger partial charge in [0.05, 0.1) is 17.0 Å². The molecule has 1 saturated heterocycles. The van der Waals surface area contributed by atoms with E-state index in [-0.39, 0.29) is 11.3 Å². The normalized spacial score (nSPS) is 20.0. The fourth-order valence-electron chi connectivity index (χ4n) is 3.40. The smallest absolute Gasteiger partial charge is 0.216 e. The second kappa shape index (κ2) is 5.93. The highest BCUT2D eigenvalue weighted by Gasteiger charge is 2.41. The zero-order chi connectivity index (χ0) is 16.7. The molecule has 3 heterocycles. The van der Waals surface area contributed by atoms with E-state index in [1.165, 1.54) is 0 Å². The summed E-state index contributed by atoms with van der Waals surface area (Å²) in [6.45, 7) is 1.59. The van der Waals surface area contributed by atoms with Crippen LogP contribution < -0.4 is 4.90 Å². The Labute approximate surface area is 141 Å². The van der Waals surface area contributed by atoms with Gasteiger partial charge in [0.15, 0.2) is 0 Å². The van der Waals surface area contributed by atoms with Crippen molar-refractivity contribution in [2.24, 2.45) is 0 Å². The quantitative estimate of drug-likeness (QED) is 0.832. The number of anilines is 1. The van der Waals surface area contributed by atoms with E-state index in [0.29, 0.717) is 0 Å². The molecule has 2 aromatic rings. The molecule has 1 aliphatic heterocycles. The number of pyridine rings is 1. The van der Waals surface area contributed by atoms with E-state index >= 15 is 0 Å². The van der Waals surface area contributed by atoms with Gasteiger partial charge < -0.3 is 4.90 Å². The second-order valence-electron chi connectivity index (χ2n) is 6.57. The lowest BCUT2D eigenvalue weighted by atomic mass is 10.0. The number of rotatable bonds is 4. The Balaban J connectivity index is 1.50. The van der Waals surface area contributed by atoms with Crippen molar-refractivity contribution < 1.29 is 8.42 Å². The second-order valence-corrected chi connectivity index (χ2v) is 8.84. The average molecular weight is 347 g/mol. The first kappa shape index (κ1) is 15.7. The molecule has 1 saturated carbocycles. The van der Waals surface area contributed by atoms with Crippen molar-refractivity contribution in [1.29, 1.82) is 0 Å². The number of fused-ring (bicyclic) bond motifs is 1. The Morgan fingerprint density at radius 2 is 1.92 bits per heavy atom. The van der Waals surface area contributed by atoms with Crippen LogP contribution in [0.1, 0.15) is 25.7 Å². The van der Waals surface area contributed by atoms with Crippen molar-refractivity contribution >= 4 is 26.7 Å². The lowest BCUT2D eigenvalue weighted by molar-refractivity contribution is 0.311. The Morgan fingerprint density at radius 1 is 1.17 bits per heavy atom.